The highest BCUT2D eigenvalue weighted by Gasteiger charge is 2.03. The first kappa shape index (κ1) is 7.33. The van der Waals surface area contributed by atoms with Crippen LogP contribution in [-0.4, -0.2) is 0 Å². The largest absolute Gasteiger partial charge is 0.237 e. The molecule has 0 unspecified atom stereocenters. The summed E-state index contributed by atoms with van der Waals surface area (Å²) in [6.07, 6.45) is 0. The van der Waals surface area contributed by atoms with Crippen molar-refractivity contribution in [2.75, 3.05) is 0 Å². The van der Waals surface area contributed by atoms with Crippen LogP contribution in [0.4, 0.5) is 5.69 Å². The van der Waals surface area contributed by atoms with E-state index >= 15 is 0 Å². The molecule has 0 N–H and O–H groups in total. The maximum atomic E-state index is 7.04. The Kier molecular flexibility index (Phi) is 1.60. The summed E-state index contributed by atoms with van der Waals surface area (Å²) in [6, 6.07) is 6.09. The average molecular weight is 173 g/mol. The van der Waals surface area contributed by atoms with Crippen LogP contribution >= 0.6 is 11.3 Å². The molecule has 0 aliphatic carbocycles. The normalized spacial score (nSPS) is 10.0. The second kappa shape index (κ2) is 2.62. The van der Waals surface area contributed by atoms with Crippen LogP contribution in [0, 0.1) is 13.5 Å². The van der Waals surface area contributed by atoms with Crippen molar-refractivity contribution in [2.24, 2.45) is 0 Å². The number of hydrogen-bond acceptors (Lipinski definition) is 1. The summed E-state index contributed by atoms with van der Waals surface area (Å²) in [6.45, 7) is 9.01. The molecule has 1 aromatic carbocycles. The summed E-state index contributed by atoms with van der Waals surface area (Å²) in [4.78, 5) is 3.53. The molecular formula is C10H7NS. The van der Waals surface area contributed by atoms with E-state index in [9.17, 15) is 0 Å². The maximum absolute atomic E-state index is 7.04. The molecule has 0 bridgehead atoms. The van der Waals surface area contributed by atoms with Gasteiger partial charge in [0.1, 0.15) is 0 Å². The van der Waals surface area contributed by atoms with Crippen molar-refractivity contribution in [2.45, 2.75) is 6.92 Å². The van der Waals surface area contributed by atoms with Crippen LogP contribution in [-0.2, 0) is 0 Å². The molecule has 0 saturated carbocycles. The van der Waals surface area contributed by atoms with Crippen LogP contribution in [0.5, 0.6) is 0 Å². The van der Waals surface area contributed by atoms with Crippen LogP contribution in [0.3, 0.4) is 0 Å². The summed E-state index contributed by atoms with van der Waals surface area (Å²) in [5, 5.41) is 3.12. The van der Waals surface area contributed by atoms with Crippen LogP contribution in [0.25, 0.3) is 14.9 Å². The second-order valence-electron chi connectivity index (χ2n) is 2.68. The fourth-order valence-electron chi connectivity index (χ4n) is 1.29. The van der Waals surface area contributed by atoms with Crippen molar-refractivity contribution in [1.29, 1.82) is 0 Å². The van der Waals surface area contributed by atoms with Gasteiger partial charge < -0.3 is 0 Å². The zero-order valence-electron chi connectivity index (χ0n) is 6.66. The van der Waals surface area contributed by atoms with E-state index in [0.717, 1.165) is 16.6 Å². The van der Waals surface area contributed by atoms with E-state index in [-0.39, 0.29) is 0 Å². The molecule has 12 heavy (non-hydrogen) atoms. The Morgan fingerprint density at radius 3 is 2.92 bits per heavy atom. The van der Waals surface area contributed by atoms with Crippen molar-refractivity contribution in [1.82, 2.24) is 0 Å². The minimum Gasteiger partial charge on any atom is -0.237 e. The van der Waals surface area contributed by atoms with Gasteiger partial charge >= 0.3 is 0 Å². The minimum atomic E-state index is 0.800. The molecular weight excluding hydrogens is 166 g/mol. The average Bonchev–Trinajstić information content (AvgIpc) is 2.52. The Labute approximate surface area is 75.1 Å². The molecule has 2 heteroatoms. The Morgan fingerprint density at radius 1 is 1.33 bits per heavy atom. The standard InChI is InChI=1S/C10H7NS/c1-7-3-4-9-8(5-6-12-9)10(7)11-2/h3-6H,1H3. The molecule has 1 heterocycles. The zero-order valence-corrected chi connectivity index (χ0v) is 7.48. The quantitative estimate of drug-likeness (QED) is 0.534. The first-order valence-electron chi connectivity index (χ1n) is 3.67. The van der Waals surface area contributed by atoms with Gasteiger partial charge in [0.2, 0.25) is 0 Å². The highest BCUT2D eigenvalue weighted by atomic mass is 32.1. The molecule has 0 spiro atoms. The van der Waals surface area contributed by atoms with Gasteiger partial charge in [0.15, 0.2) is 5.69 Å². The fraction of sp³-hybridized carbons (Fsp3) is 0.100. The predicted octanol–water partition coefficient (Wildman–Crippen LogP) is 3.76. The molecule has 0 atom stereocenters. The first-order chi connectivity index (χ1) is 5.83. The third-order valence-corrected chi connectivity index (χ3v) is 2.80. The van der Waals surface area contributed by atoms with Gasteiger partial charge in [-0.3, -0.25) is 0 Å². The number of thiophene rings is 1. The van der Waals surface area contributed by atoms with Gasteiger partial charge in [-0.1, -0.05) is 12.1 Å². The zero-order chi connectivity index (χ0) is 8.55. The van der Waals surface area contributed by atoms with Crippen molar-refractivity contribution in [3.8, 4) is 0 Å². The number of rotatable bonds is 0. The SMILES string of the molecule is [C-]#[N+]c1c(C)ccc2sccc12. The van der Waals surface area contributed by atoms with Crippen molar-refractivity contribution >= 4 is 27.1 Å². The number of aryl methyl sites for hydroxylation is 1. The van der Waals surface area contributed by atoms with E-state index in [1.807, 2.05) is 24.4 Å². The smallest absolute Gasteiger partial charge is 0.198 e. The Bertz CT molecular complexity index is 462. The lowest BCUT2D eigenvalue weighted by atomic mass is 10.1. The molecule has 0 saturated heterocycles. The Hall–Kier alpha value is -1.33. The van der Waals surface area contributed by atoms with Crippen LogP contribution in [0.15, 0.2) is 23.6 Å². The summed E-state index contributed by atoms with van der Waals surface area (Å²) in [5.74, 6) is 0. The van der Waals surface area contributed by atoms with Crippen molar-refractivity contribution in [3.63, 3.8) is 0 Å². The van der Waals surface area contributed by atoms with Gasteiger partial charge in [-0.15, -0.1) is 11.3 Å². The summed E-state index contributed by atoms with van der Waals surface area (Å²) >= 11 is 1.68. The lowest BCUT2D eigenvalue weighted by Crippen LogP contribution is -1.71. The fourth-order valence-corrected chi connectivity index (χ4v) is 2.08. The molecule has 1 aromatic heterocycles. The topological polar surface area (TPSA) is 4.36 Å². The summed E-state index contributed by atoms with van der Waals surface area (Å²) in [7, 11) is 0. The van der Waals surface area contributed by atoms with E-state index < -0.39 is 0 Å². The van der Waals surface area contributed by atoms with E-state index in [4.69, 9.17) is 6.57 Å². The van der Waals surface area contributed by atoms with Gasteiger partial charge in [-0.2, -0.15) is 0 Å². The van der Waals surface area contributed by atoms with Crippen molar-refractivity contribution < 1.29 is 0 Å². The van der Waals surface area contributed by atoms with Gasteiger partial charge in [0.25, 0.3) is 0 Å². The molecule has 0 fully saturated rings. The molecule has 0 amide bonds. The Balaban J connectivity index is 2.94. The van der Waals surface area contributed by atoms with E-state index in [1.54, 1.807) is 11.3 Å². The predicted molar refractivity (Wildman–Crippen MR) is 52.8 cm³/mol. The molecule has 2 rings (SSSR count). The van der Waals surface area contributed by atoms with Gasteiger partial charge in [0.05, 0.1) is 6.57 Å². The Morgan fingerprint density at radius 2 is 2.17 bits per heavy atom. The van der Waals surface area contributed by atoms with E-state index in [1.165, 1.54) is 4.70 Å². The third-order valence-electron chi connectivity index (χ3n) is 1.92. The highest BCUT2D eigenvalue weighted by Crippen LogP contribution is 2.32. The minimum absolute atomic E-state index is 0.800. The van der Waals surface area contributed by atoms with Crippen molar-refractivity contribution in [3.05, 3.63) is 40.6 Å². The number of hydrogen-bond donors (Lipinski definition) is 0. The molecule has 1 nitrogen and oxygen atoms in total. The van der Waals surface area contributed by atoms with Gasteiger partial charge in [-0.05, 0) is 29.3 Å². The third kappa shape index (κ3) is 0.910. The molecule has 0 radical (unpaired) electrons. The molecule has 0 aliphatic rings. The molecule has 0 aliphatic heterocycles. The highest BCUT2D eigenvalue weighted by molar-refractivity contribution is 7.17. The number of nitrogens with zero attached hydrogens (tertiary/aromatic N) is 1. The molecule has 2 aromatic rings. The summed E-state index contributed by atoms with van der Waals surface area (Å²) in [5.41, 5.74) is 1.87. The van der Waals surface area contributed by atoms with Crippen LogP contribution in [0.2, 0.25) is 0 Å². The van der Waals surface area contributed by atoms with Crippen LogP contribution in [0.1, 0.15) is 5.56 Å². The van der Waals surface area contributed by atoms with Crippen LogP contribution < -0.4 is 0 Å². The van der Waals surface area contributed by atoms with E-state index in [0.29, 0.717) is 0 Å². The lowest BCUT2D eigenvalue weighted by molar-refractivity contribution is 1.53. The van der Waals surface area contributed by atoms with Gasteiger partial charge in [0, 0.05) is 4.70 Å². The lowest BCUT2D eigenvalue weighted by Gasteiger charge is -1.97. The first-order valence-corrected chi connectivity index (χ1v) is 4.55. The maximum Gasteiger partial charge on any atom is 0.198 e. The summed E-state index contributed by atoms with van der Waals surface area (Å²) < 4.78 is 1.20. The second-order valence-corrected chi connectivity index (χ2v) is 3.62. The number of fused-ring (bicyclic) bond motifs is 1. The molecule has 58 valence electrons. The monoisotopic (exact) mass is 173 g/mol. The van der Waals surface area contributed by atoms with E-state index in [2.05, 4.69) is 10.9 Å². The van der Waals surface area contributed by atoms with Gasteiger partial charge in [-0.25, -0.2) is 4.85 Å². The number of benzene rings is 1.